The minimum atomic E-state index is -4.41. The Morgan fingerprint density at radius 3 is 2.41 bits per heavy atom. The van der Waals surface area contributed by atoms with Crippen molar-refractivity contribution in [2.45, 2.75) is 19.0 Å². The Hall–Kier alpha value is -1.89. The zero-order valence-corrected chi connectivity index (χ0v) is 11.9. The van der Waals surface area contributed by atoms with Crippen LogP contribution in [0.5, 0.6) is 0 Å². The summed E-state index contributed by atoms with van der Waals surface area (Å²) in [5.41, 5.74) is 4.63. The molecule has 0 aliphatic carbocycles. The fourth-order valence-corrected chi connectivity index (χ4v) is 2.69. The molecule has 2 rings (SSSR count). The molecule has 0 aromatic heterocycles. The van der Waals surface area contributed by atoms with Gasteiger partial charge in [0.05, 0.1) is 12.1 Å². The first-order valence-electron chi connectivity index (χ1n) is 6.99. The van der Waals surface area contributed by atoms with Crippen molar-refractivity contribution in [2.24, 2.45) is 11.7 Å². The third-order valence-electron chi connectivity index (χ3n) is 3.75. The summed E-state index contributed by atoms with van der Waals surface area (Å²) in [5.74, 6) is -0.963. The summed E-state index contributed by atoms with van der Waals surface area (Å²) in [7, 11) is 0. The summed E-state index contributed by atoms with van der Waals surface area (Å²) in [5, 5.41) is 0. The van der Waals surface area contributed by atoms with Crippen molar-refractivity contribution >= 4 is 11.7 Å². The summed E-state index contributed by atoms with van der Waals surface area (Å²) in [4.78, 5) is 25.1. The number of carbonyl (C=O) groups is 2. The Kier molecular flexibility index (Phi) is 4.85. The molecule has 0 unspecified atom stereocenters. The van der Waals surface area contributed by atoms with Gasteiger partial charge in [0.2, 0.25) is 5.91 Å². The molecule has 0 radical (unpaired) electrons. The molecule has 1 aliphatic heterocycles. The number of amides is 1. The van der Waals surface area contributed by atoms with E-state index < -0.39 is 17.6 Å². The van der Waals surface area contributed by atoms with Crippen LogP contribution in [-0.2, 0) is 11.0 Å². The summed E-state index contributed by atoms with van der Waals surface area (Å²) < 4.78 is 37.5. The fourth-order valence-electron chi connectivity index (χ4n) is 2.69. The highest BCUT2D eigenvalue weighted by Crippen LogP contribution is 2.30. The Balaban J connectivity index is 2.06. The second-order valence-electron chi connectivity index (χ2n) is 5.48. The summed E-state index contributed by atoms with van der Waals surface area (Å²) in [6.07, 6.45) is -3.00. The van der Waals surface area contributed by atoms with Gasteiger partial charge >= 0.3 is 6.18 Å². The molecule has 1 amide bonds. The van der Waals surface area contributed by atoms with Crippen molar-refractivity contribution in [3.63, 3.8) is 0 Å². The second-order valence-corrected chi connectivity index (χ2v) is 5.48. The van der Waals surface area contributed by atoms with Crippen LogP contribution in [0.25, 0.3) is 0 Å². The first-order valence-corrected chi connectivity index (χ1v) is 6.99. The van der Waals surface area contributed by atoms with E-state index in [-0.39, 0.29) is 23.8 Å². The van der Waals surface area contributed by atoms with E-state index in [1.807, 2.05) is 0 Å². The lowest BCUT2D eigenvalue weighted by atomic mass is 9.89. The van der Waals surface area contributed by atoms with Gasteiger partial charge in [0.15, 0.2) is 5.78 Å². The van der Waals surface area contributed by atoms with E-state index in [1.165, 1.54) is 12.1 Å². The van der Waals surface area contributed by atoms with E-state index in [4.69, 9.17) is 5.73 Å². The van der Waals surface area contributed by atoms with Crippen molar-refractivity contribution in [2.75, 3.05) is 19.6 Å². The molecule has 7 heteroatoms. The number of hydrogen-bond acceptors (Lipinski definition) is 3. The smallest absolute Gasteiger partial charge is 0.369 e. The number of hydrogen-bond donors (Lipinski definition) is 1. The van der Waals surface area contributed by atoms with Crippen molar-refractivity contribution in [1.82, 2.24) is 4.90 Å². The zero-order valence-electron chi connectivity index (χ0n) is 11.9. The fraction of sp³-hybridized carbons (Fsp3) is 0.467. The number of benzene rings is 1. The highest BCUT2D eigenvalue weighted by molar-refractivity contribution is 5.98. The van der Waals surface area contributed by atoms with E-state index >= 15 is 0 Å². The normalized spacial score (nSPS) is 19.9. The molecule has 1 aromatic rings. The monoisotopic (exact) mass is 314 g/mol. The van der Waals surface area contributed by atoms with Gasteiger partial charge in [-0.1, -0.05) is 12.1 Å². The molecule has 0 saturated carbocycles. The van der Waals surface area contributed by atoms with Crippen LogP contribution >= 0.6 is 0 Å². The molecule has 1 atom stereocenters. The van der Waals surface area contributed by atoms with Gasteiger partial charge < -0.3 is 5.73 Å². The predicted molar refractivity (Wildman–Crippen MR) is 74.1 cm³/mol. The number of nitrogens with zero attached hydrogens (tertiary/aromatic N) is 1. The SMILES string of the molecule is NC(=O)CN1CCC[C@@H](C(=O)c2ccc(C(F)(F)F)cc2)C1. The van der Waals surface area contributed by atoms with Crippen molar-refractivity contribution in [3.8, 4) is 0 Å². The minimum absolute atomic E-state index is 0.0940. The molecular formula is C15H17F3N2O2. The molecule has 22 heavy (non-hydrogen) atoms. The number of alkyl halides is 3. The quantitative estimate of drug-likeness (QED) is 0.866. The van der Waals surface area contributed by atoms with Gasteiger partial charge in [-0.05, 0) is 31.5 Å². The summed E-state index contributed by atoms with van der Waals surface area (Å²) in [6.45, 7) is 1.19. The molecule has 1 saturated heterocycles. The number of nitrogens with two attached hydrogens (primary N) is 1. The molecule has 2 N–H and O–H groups in total. The van der Waals surface area contributed by atoms with Crippen molar-refractivity contribution in [3.05, 3.63) is 35.4 Å². The maximum atomic E-state index is 12.5. The van der Waals surface area contributed by atoms with Gasteiger partial charge in [0, 0.05) is 18.0 Å². The average molecular weight is 314 g/mol. The minimum Gasteiger partial charge on any atom is -0.369 e. The molecule has 0 spiro atoms. The van der Waals surface area contributed by atoms with Crippen LogP contribution in [0.3, 0.4) is 0 Å². The van der Waals surface area contributed by atoms with Crippen LogP contribution in [0.1, 0.15) is 28.8 Å². The van der Waals surface area contributed by atoms with Crippen molar-refractivity contribution in [1.29, 1.82) is 0 Å². The van der Waals surface area contributed by atoms with Crippen LogP contribution in [0.15, 0.2) is 24.3 Å². The van der Waals surface area contributed by atoms with E-state index in [0.29, 0.717) is 19.5 Å². The highest BCUT2D eigenvalue weighted by Gasteiger charge is 2.31. The van der Waals surface area contributed by atoms with Gasteiger partial charge in [0.1, 0.15) is 0 Å². The molecule has 1 aliphatic rings. The second kappa shape index (κ2) is 6.48. The first kappa shape index (κ1) is 16.5. The topological polar surface area (TPSA) is 63.4 Å². The molecule has 4 nitrogen and oxygen atoms in total. The largest absolute Gasteiger partial charge is 0.416 e. The van der Waals surface area contributed by atoms with E-state index in [2.05, 4.69) is 0 Å². The van der Waals surface area contributed by atoms with E-state index in [1.54, 1.807) is 4.90 Å². The van der Waals surface area contributed by atoms with Gasteiger partial charge in [0.25, 0.3) is 0 Å². The molecule has 1 heterocycles. The lowest BCUT2D eigenvalue weighted by Crippen LogP contribution is -2.42. The maximum absolute atomic E-state index is 12.5. The lowest BCUT2D eigenvalue weighted by molar-refractivity contribution is -0.137. The average Bonchev–Trinajstić information content (AvgIpc) is 2.45. The van der Waals surface area contributed by atoms with Crippen LogP contribution in [0.2, 0.25) is 0 Å². The maximum Gasteiger partial charge on any atom is 0.416 e. The number of carbonyl (C=O) groups excluding carboxylic acids is 2. The Labute approximate surface area is 126 Å². The first-order chi connectivity index (χ1) is 10.3. The summed E-state index contributed by atoms with van der Waals surface area (Å²) in [6, 6.07) is 4.24. The van der Waals surface area contributed by atoms with Crippen molar-refractivity contribution < 1.29 is 22.8 Å². The molecule has 0 bridgehead atoms. The molecular weight excluding hydrogens is 297 g/mol. The standard InChI is InChI=1S/C15H17F3N2O2/c16-15(17,18)12-5-3-10(4-6-12)14(22)11-2-1-7-20(8-11)9-13(19)21/h3-6,11H,1-2,7-9H2,(H2,19,21)/t11-/m1/s1. The number of likely N-dealkylation sites (tertiary alicyclic amines) is 1. The van der Waals surface area contributed by atoms with Crippen LogP contribution in [0, 0.1) is 5.92 Å². The number of piperidine rings is 1. The Morgan fingerprint density at radius 2 is 1.86 bits per heavy atom. The van der Waals surface area contributed by atoms with Gasteiger partial charge in [-0.25, -0.2) is 0 Å². The number of halogens is 3. The predicted octanol–water partition coefficient (Wildman–Crippen LogP) is 2.09. The Morgan fingerprint density at radius 1 is 1.23 bits per heavy atom. The molecule has 1 fully saturated rings. The third kappa shape index (κ3) is 4.07. The van der Waals surface area contributed by atoms with Crippen LogP contribution in [0.4, 0.5) is 13.2 Å². The van der Waals surface area contributed by atoms with Crippen LogP contribution < -0.4 is 5.73 Å². The number of primary amides is 1. The lowest BCUT2D eigenvalue weighted by Gasteiger charge is -2.31. The van der Waals surface area contributed by atoms with Gasteiger partial charge in [-0.2, -0.15) is 13.2 Å². The number of rotatable bonds is 4. The molecule has 1 aromatic carbocycles. The van der Waals surface area contributed by atoms with E-state index in [9.17, 15) is 22.8 Å². The Bertz CT molecular complexity index is 555. The zero-order chi connectivity index (χ0) is 16.3. The van der Waals surface area contributed by atoms with Gasteiger partial charge in [-0.3, -0.25) is 14.5 Å². The van der Waals surface area contributed by atoms with E-state index in [0.717, 1.165) is 18.6 Å². The highest BCUT2D eigenvalue weighted by atomic mass is 19.4. The molecule has 120 valence electrons. The number of ketones is 1. The van der Waals surface area contributed by atoms with Crippen LogP contribution in [-0.4, -0.2) is 36.2 Å². The van der Waals surface area contributed by atoms with Gasteiger partial charge in [-0.15, -0.1) is 0 Å². The third-order valence-corrected chi connectivity index (χ3v) is 3.75. The summed E-state index contributed by atoms with van der Waals surface area (Å²) >= 11 is 0. The number of Topliss-reactive ketones (excluding diaryl/α,β-unsaturated/α-hetero) is 1.